The van der Waals surface area contributed by atoms with Crippen molar-refractivity contribution in [3.63, 3.8) is 0 Å². The van der Waals surface area contributed by atoms with Gasteiger partial charge >= 0.3 is 6.03 Å². The molecule has 1 aromatic rings. The maximum atomic E-state index is 12.4. The predicted octanol–water partition coefficient (Wildman–Crippen LogP) is 1.17. The summed E-state index contributed by atoms with van der Waals surface area (Å²) in [7, 11) is 1.60. The Morgan fingerprint density at radius 2 is 1.88 bits per heavy atom. The number of amides is 4. The zero-order chi connectivity index (χ0) is 17.8. The Balaban J connectivity index is 1.54. The van der Waals surface area contributed by atoms with Gasteiger partial charge in [0.1, 0.15) is 11.8 Å². The van der Waals surface area contributed by atoms with Crippen LogP contribution in [-0.2, 0) is 16.0 Å². The van der Waals surface area contributed by atoms with E-state index in [1.54, 1.807) is 12.0 Å². The van der Waals surface area contributed by atoms with E-state index in [-0.39, 0.29) is 18.2 Å². The summed E-state index contributed by atoms with van der Waals surface area (Å²) in [5, 5.41) is 2.63. The first-order valence-electron chi connectivity index (χ1n) is 8.61. The number of nitrogens with one attached hydrogen (secondary N) is 1. The topological polar surface area (TPSA) is 79.0 Å². The van der Waals surface area contributed by atoms with Gasteiger partial charge in [-0.25, -0.2) is 4.79 Å². The molecular weight excluding hydrogens is 322 g/mol. The highest BCUT2D eigenvalue weighted by Crippen LogP contribution is 2.16. The molecule has 2 fully saturated rings. The van der Waals surface area contributed by atoms with Crippen LogP contribution in [0.15, 0.2) is 24.3 Å². The fourth-order valence-electron chi connectivity index (χ4n) is 3.23. The number of likely N-dealkylation sites (tertiary alicyclic amines) is 1. The minimum atomic E-state index is -0.739. The number of carbonyl (C=O) groups excluding carboxylic acids is 3. The molecule has 1 aromatic carbocycles. The van der Waals surface area contributed by atoms with E-state index in [2.05, 4.69) is 5.32 Å². The number of rotatable bonds is 6. The third-order valence-corrected chi connectivity index (χ3v) is 4.73. The molecule has 3 rings (SSSR count). The summed E-state index contributed by atoms with van der Waals surface area (Å²) in [5.41, 5.74) is 1.01. The fraction of sp³-hybridized carbons (Fsp3) is 0.500. The first kappa shape index (κ1) is 17.3. The first-order valence-corrected chi connectivity index (χ1v) is 8.61. The molecule has 0 aromatic heterocycles. The lowest BCUT2D eigenvalue weighted by Crippen LogP contribution is -2.38. The molecule has 7 nitrogen and oxygen atoms in total. The smallest absolute Gasteiger partial charge is 0.324 e. The lowest BCUT2D eigenvalue weighted by atomic mass is 10.1. The maximum absolute atomic E-state index is 12.4. The van der Waals surface area contributed by atoms with Crippen LogP contribution in [0.2, 0.25) is 0 Å². The van der Waals surface area contributed by atoms with E-state index in [9.17, 15) is 14.4 Å². The van der Waals surface area contributed by atoms with Gasteiger partial charge in [0.15, 0.2) is 0 Å². The minimum Gasteiger partial charge on any atom is -0.497 e. The highest BCUT2D eigenvalue weighted by molar-refractivity contribution is 6.05. The van der Waals surface area contributed by atoms with Crippen LogP contribution in [0.3, 0.4) is 0 Å². The Kier molecular flexibility index (Phi) is 5.21. The van der Waals surface area contributed by atoms with E-state index in [1.807, 2.05) is 24.3 Å². The Morgan fingerprint density at radius 1 is 1.20 bits per heavy atom. The lowest BCUT2D eigenvalue weighted by Gasteiger charge is -2.17. The maximum Gasteiger partial charge on any atom is 0.324 e. The second kappa shape index (κ2) is 7.55. The van der Waals surface area contributed by atoms with Gasteiger partial charge in [0.25, 0.3) is 5.91 Å². The standard InChI is InChI=1S/C18H23N3O4/c1-25-14-6-4-13(5-7-14)8-11-21-17(23)15(19-18(21)24)12-16(22)20-9-2-3-10-20/h4-7,15H,2-3,8-12H2,1H3,(H,19,24). The van der Waals surface area contributed by atoms with Crippen molar-refractivity contribution in [2.75, 3.05) is 26.7 Å². The van der Waals surface area contributed by atoms with Crippen molar-refractivity contribution in [1.29, 1.82) is 0 Å². The van der Waals surface area contributed by atoms with Crippen LogP contribution in [-0.4, -0.2) is 60.4 Å². The molecular formula is C18H23N3O4. The summed E-state index contributed by atoms with van der Waals surface area (Å²) in [6.07, 6.45) is 2.62. The van der Waals surface area contributed by atoms with Gasteiger partial charge in [-0.05, 0) is 37.0 Å². The third-order valence-electron chi connectivity index (χ3n) is 4.73. The van der Waals surface area contributed by atoms with Crippen molar-refractivity contribution in [2.24, 2.45) is 0 Å². The van der Waals surface area contributed by atoms with E-state index in [0.717, 1.165) is 37.2 Å². The molecule has 0 bridgehead atoms. The summed E-state index contributed by atoms with van der Waals surface area (Å²) >= 11 is 0. The third kappa shape index (κ3) is 3.92. The number of hydrogen-bond donors (Lipinski definition) is 1. The van der Waals surface area contributed by atoms with Crippen molar-refractivity contribution >= 4 is 17.8 Å². The number of hydrogen-bond acceptors (Lipinski definition) is 4. The number of carbonyl (C=O) groups is 3. The average Bonchev–Trinajstić information content (AvgIpc) is 3.24. The molecule has 2 saturated heterocycles. The Hall–Kier alpha value is -2.57. The van der Waals surface area contributed by atoms with Gasteiger partial charge in [-0.2, -0.15) is 0 Å². The SMILES string of the molecule is COc1ccc(CCN2C(=O)NC(CC(=O)N3CCCC3)C2=O)cc1. The fourth-order valence-corrected chi connectivity index (χ4v) is 3.23. The van der Waals surface area contributed by atoms with Crippen molar-refractivity contribution in [1.82, 2.24) is 15.1 Å². The summed E-state index contributed by atoms with van der Waals surface area (Å²) in [6, 6.07) is 6.35. The summed E-state index contributed by atoms with van der Waals surface area (Å²) in [5.74, 6) is 0.387. The molecule has 134 valence electrons. The van der Waals surface area contributed by atoms with Gasteiger partial charge in [-0.1, -0.05) is 12.1 Å². The van der Waals surface area contributed by atoms with Crippen LogP contribution >= 0.6 is 0 Å². The van der Waals surface area contributed by atoms with E-state index >= 15 is 0 Å². The predicted molar refractivity (Wildman–Crippen MR) is 91.2 cm³/mol. The zero-order valence-corrected chi connectivity index (χ0v) is 14.4. The Bertz CT molecular complexity index is 653. The molecule has 4 amide bonds. The summed E-state index contributed by atoms with van der Waals surface area (Å²) in [6.45, 7) is 1.79. The van der Waals surface area contributed by atoms with Gasteiger partial charge < -0.3 is 15.0 Å². The number of imide groups is 1. The molecule has 2 heterocycles. The largest absolute Gasteiger partial charge is 0.497 e. The van der Waals surface area contributed by atoms with Crippen LogP contribution in [0.1, 0.15) is 24.8 Å². The average molecular weight is 345 g/mol. The minimum absolute atomic E-state index is 0.0452. The molecule has 0 aliphatic carbocycles. The summed E-state index contributed by atoms with van der Waals surface area (Å²) < 4.78 is 5.11. The molecule has 2 aliphatic rings. The molecule has 0 spiro atoms. The van der Waals surface area contributed by atoms with E-state index < -0.39 is 12.1 Å². The molecule has 2 aliphatic heterocycles. The van der Waals surface area contributed by atoms with E-state index in [0.29, 0.717) is 13.0 Å². The zero-order valence-electron chi connectivity index (χ0n) is 14.4. The summed E-state index contributed by atoms with van der Waals surface area (Å²) in [4.78, 5) is 39.7. The molecule has 7 heteroatoms. The molecule has 0 saturated carbocycles. The van der Waals surface area contributed by atoms with Crippen LogP contribution in [0.5, 0.6) is 5.75 Å². The van der Waals surface area contributed by atoms with Gasteiger partial charge in [0.05, 0.1) is 13.5 Å². The second-order valence-electron chi connectivity index (χ2n) is 6.38. The number of benzene rings is 1. The monoisotopic (exact) mass is 345 g/mol. The van der Waals surface area contributed by atoms with Crippen molar-refractivity contribution in [3.8, 4) is 5.75 Å². The van der Waals surface area contributed by atoms with Gasteiger partial charge in [0.2, 0.25) is 5.91 Å². The van der Waals surface area contributed by atoms with Crippen molar-refractivity contribution in [3.05, 3.63) is 29.8 Å². The second-order valence-corrected chi connectivity index (χ2v) is 6.38. The van der Waals surface area contributed by atoms with Crippen LogP contribution in [0.4, 0.5) is 4.79 Å². The van der Waals surface area contributed by atoms with Gasteiger partial charge in [-0.15, -0.1) is 0 Å². The Labute approximate surface area is 146 Å². The van der Waals surface area contributed by atoms with Gasteiger partial charge in [-0.3, -0.25) is 14.5 Å². The molecule has 1 atom stereocenters. The van der Waals surface area contributed by atoms with Crippen molar-refractivity contribution in [2.45, 2.75) is 31.7 Å². The number of methoxy groups -OCH3 is 1. The number of urea groups is 1. The van der Waals surface area contributed by atoms with Crippen LogP contribution in [0.25, 0.3) is 0 Å². The number of nitrogens with zero attached hydrogens (tertiary/aromatic N) is 2. The normalized spacial score (nSPS) is 20.1. The van der Waals surface area contributed by atoms with Gasteiger partial charge in [0, 0.05) is 19.6 Å². The first-order chi connectivity index (χ1) is 12.1. The molecule has 25 heavy (non-hydrogen) atoms. The molecule has 0 radical (unpaired) electrons. The van der Waals surface area contributed by atoms with E-state index in [1.165, 1.54) is 4.90 Å². The highest BCUT2D eigenvalue weighted by atomic mass is 16.5. The number of ether oxygens (including phenoxy) is 1. The quantitative estimate of drug-likeness (QED) is 0.785. The highest BCUT2D eigenvalue weighted by Gasteiger charge is 2.39. The molecule has 1 unspecified atom stereocenters. The Morgan fingerprint density at radius 3 is 2.52 bits per heavy atom. The molecule has 1 N–H and O–H groups in total. The lowest BCUT2D eigenvalue weighted by molar-refractivity contribution is -0.135. The van der Waals surface area contributed by atoms with Crippen molar-refractivity contribution < 1.29 is 19.1 Å². The van der Waals surface area contributed by atoms with Crippen LogP contribution in [0, 0.1) is 0 Å². The van der Waals surface area contributed by atoms with Crippen LogP contribution < -0.4 is 10.1 Å². The van der Waals surface area contributed by atoms with E-state index in [4.69, 9.17) is 4.74 Å².